The summed E-state index contributed by atoms with van der Waals surface area (Å²) in [5.41, 5.74) is 0.0855. The first kappa shape index (κ1) is 20.9. The first-order valence-corrected chi connectivity index (χ1v) is 9.45. The van der Waals surface area contributed by atoms with Crippen molar-refractivity contribution < 1.29 is 28.5 Å². The van der Waals surface area contributed by atoms with Gasteiger partial charge in [-0.15, -0.1) is 0 Å². The molecule has 0 radical (unpaired) electrons. The van der Waals surface area contributed by atoms with Crippen LogP contribution in [0.1, 0.15) is 40.0 Å². The van der Waals surface area contributed by atoms with Gasteiger partial charge >= 0.3 is 11.9 Å². The summed E-state index contributed by atoms with van der Waals surface area (Å²) < 4.78 is 22.6. The molecule has 6 nitrogen and oxygen atoms in total. The second-order valence-corrected chi connectivity index (χ2v) is 8.04. The number of unbranched alkanes of at least 4 members (excludes halogenated alkanes) is 1. The molecule has 1 unspecified atom stereocenters. The molecule has 0 heterocycles. The third kappa shape index (κ3) is 9.00. The topological polar surface area (TPSA) is 89.9 Å². The first-order chi connectivity index (χ1) is 10.2. The van der Waals surface area contributed by atoms with Crippen molar-refractivity contribution in [1.82, 2.24) is 0 Å². The van der Waals surface area contributed by atoms with E-state index in [-0.39, 0.29) is 30.0 Å². The molecular formula is C15H27O6P. The van der Waals surface area contributed by atoms with Crippen molar-refractivity contribution in [3.05, 3.63) is 11.6 Å². The predicted molar refractivity (Wildman–Crippen MR) is 85.4 cm³/mol. The number of methoxy groups -OCH3 is 1. The minimum atomic E-state index is -3.00. The normalized spacial score (nSPS) is 14.7. The number of allylic oxidation sites excluding steroid dienone is 1. The van der Waals surface area contributed by atoms with Crippen molar-refractivity contribution >= 4 is 19.3 Å². The second kappa shape index (κ2) is 10.6. The lowest BCUT2D eigenvalue weighted by Crippen LogP contribution is -2.12. The number of hydrogen-bond acceptors (Lipinski definition) is 5. The van der Waals surface area contributed by atoms with E-state index in [1.807, 2.05) is 13.8 Å². The smallest absolute Gasteiger partial charge is 0.331 e. The highest BCUT2D eigenvalue weighted by Gasteiger charge is 2.27. The first-order valence-electron chi connectivity index (χ1n) is 7.45. The van der Waals surface area contributed by atoms with E-state index in [0.717, 1.165) is 0 Å². The zero-order valence-electron chi connectivity index (χ0n) is 13.8. The highest BCUT2D eigenvalue weighted by molar-refractivity contribution is 7.59. The lowest BCUT2D eigenvalue weighted by Gasteiger charge is -2.20. The van der Waals surface area contributed by atoms with Gasteiger partial charge in [-0.1, -0.05) is 19.9 Å². The maximum absolute atomic E-state index is 12.7. The molecule has 0 saturated carbocycles. The zero-order valence-corrected chi connectivity index (χ0v) is 14.7. The summed E-state index contributed by atoms with van der Waals surface area (Å²) in [5.74, 6) is -1.27. The van der Waals surface area contributed by atoms with Gasteiger partial charge in [-0.05, 0) is 25.7 Å². The molecule has 128 valence electrons. The largest absolute Gasteiger partial charge is 0.478 e. The summed E-state index contributed by atoms with van der Waals surface area (Å²) >= 11 is 0. The van der Waals surface area contributed by atoms with Crippen LogP contribution in [-0.4, -0.2) is 43.1 Å². The molecule has 0 amide bonds. The maximum atomic E-state index is 12.7. The highest BCUT2D eigenvalue weighted by Crippen LogP contribution is 2.50. The minimum absolute atomic E-state index is 0.0768. The van der Waals surface area contributed by atoms with Gasteiger partial charge in [0.1, 0.15) is 0 Å². The molecule has 0 spiro atoms. The van der Waals surface area contributed by atoms with Crippen molar-refractivity contribution in [1.29, 1.82) is 0 Å². The van der Waals surface area contributed by atoms with Crippen LogP contribution in [0.3, 0.4) is 0 Å². The quantitative estimate of drug-likeness (QED) is 0.270. The molecule has 22 heavy (non-hydrogen) atoms. The number of rotatable bonds is 11. The molecule has 0 saturated heterocycles. The molecule has 1 atom stereocenters. The molecule has 0 bridgehead atoms. The number of carboxylic acid groups (broad SMARTS) is 1. The van der Waals surface area contributed by atoms with E-state index in [0.29, 0.717) is 25.6 Å². The summed E-state index contributed by atoms with van der Waals surface area (Å²) in [6, 6.07) is 0. The van der Waals surface area contributed by atoms with Gasteiger partial charge in [0.2, 0.25) is 7.37 Å². The molecular weight excluding hydrogens is 307 g/mol. The van der Waals surface area contributed by atoms with Crippen LogP contribution in [0.5, 0.6) is 0 Å². The summed E-state index contributed by atoms with van der Waals surface area (Å²) in [5, 5.41) is 9.26. The highest BCUT2D eigenvalue weighted by atomic mass is 31.2. The Kier molecular flexibility index (Phi) is 10.0. The maximum Gasteiger partial charge on any atom is 0.331 e. The number of carbonyl (C=O) groups is 2. The predicted octanol–water partition coefficient (Wildman–Crippen LogP) is 3.31. The zero-order chi connectivity index (χ0) is 17.2. The van der Waals surface area contributed by atoms with Gasteiger partial charge in [-0.25, -0.2) is 4.79 Å². The van der Waals surface area contributed by atoms with Crippen molar-refractivity contribution in [3.63, 3.8) is 0 Å². The SMILES string of the molecule is CCOP(=O)(C/C(=C\CCCC(=O)OC)C(=O)O)CC(C)C. The summed E-state index contributed by atoms with van der Waals surface area (Å²) in [4.78, 5) is 22.3. The molecule has 1 N–H and O–H groups in total. The van der Waals surface area contributed by atoms with Gasteiger partial charge in [-0.2, -0.15) is 0 Å². The summed E-state index contributed by atoms with van der Waals surface area (Å²) in [6.45, 7) is 5.88. The van der Waals surface area contributed by atoms with E-state index in [2.05, 4.69) is 4.74 Å². The van der Waals surface area contributed by atoms with E-state index >= 15 is 0 Å². The molecule has 0 aromatic carbocycles. The number of carboxylic acids is 1. The fourth-order valence-electron chi connectivity index (χ4n) is 2.06. The fraction of sp³-hybridized carbons (Fsp3) is 0.733. The Bertz CT molecular complexity index is 441. The van der Waals surface area contributed by atoms with E-state index in [4.69, 9.17) is 4.52 Å². The number of hydrogen-bond donors (Lipinski definition) is 1. The van der Waals surface area contributed by atoms with Crippen LogP contribution < -0.4 is 0 Å². The summed E-state index contributed by atoms with van der Waals surface area (Å²) in [7, 11) is -1.69. The Morgan fingerprint density at radius 2 is 1.95 bits per heavy atom. The van der Waals surface area contributed by atoms with Gasteiger partial charge < -0.3 is 14.4 Å². The standard InChI is InChI=1S/C15H27O6P/c1-5-21-22(19,10-12(2)3)11-13(15(17)18)8-6-7-9-14(16)20-4/h8,12H,5-7,9-11H2,1-4H3,(H,17,18)/b13-8+. The lowest BCUT2D eigenvalue weighted by atomic mass is 10.2. The van der Waals surface area contributed by atoms with Gasteiger partial charge in [-0.3, -0.25) is 9.36 Å². The third-order valence-electron chi connectivity index (χ3n) is 2.90. The minimum Gasteiger partial charge on any atom is -0.478 e. The number of aliphatic carboxylic acids is 1. The summed E-state index contributed by atoms with van der Waals surface area (Å²) in [6.07, 6.45) is 2.95. The van der Waals surface area contributed by atoms with Crippen molar-refractivity contribution in [3.8, 4) is 0 Å². The molecule has 0 aliphatic rings. The van der Waals surface area contributed by atoms with Crippen LogP contribution in [0.4, 0.5) is 0 Å². The molecule has 0 aromatic rings. The molecule has 0 fully saturated rings. The van der Waals surface area contributed by atoms with E-state index in [1.165, 1.54) is 13.2 Å². The number of ether oxygens (including phenoxy) is 1. The van der Waals surface area contributed by atoms with Crippen LogP contribution in [0, 0.1) is 5.92 Å². The van der Waals surface area contributed by atoms with Crippen LogP contribution in [-0.2, 0) is 23.4 Å². The van der Waals surface area contributed by atoms with Crippen molar-refractivity contribution in [2.45, 2.75) is 40.0 Å². The monoisotopic (exact) mass is 334 g/mol. The second-order valence-electron chi connectivity index (χ2n) is 5.47. The van der Waals surface area contributed by atoms with Crippen LogP contribution in [0.2, 0.25) is 0 Å². The molecule has 0 aliphatic heterocycles. The third-order valence-corrected chi connectivity index (χ3v) is 5.73. The van der Waals surface area contributed by atoms with E-state index in [9.17, 15) is 19.3 Å². The van der Waals surface area contributed by atoms with Gasteiger partial charge in [0.15, 0.2) is 0 Å². The Balaban J connectivity index is 4.81. The van der Waals surface area contributed by atoms with Gasteiger partial charge in [0.05, 0.1) is 19.9 Å². The Labute approximate surface area is 132 Å². The van der Waals surface area contributed by atoms with Crippen LogP contribution in [0.25, 0.3) is 0 Å². The van der Waals surface area contributed by atoms with Crippen LogP contribution >= 0.6 is 7.37 Å². The van der Waals surface area contributed by atoms with E-state index < -0.39 is 13.3 Å². The van der Waals surface area contributed by atoms with Crippen LogP contribution in [0.15, 0.2) is 11.6 Å². The Morgan fingerprint density at radius 1 is 1.32 bits per heavy atom. The van der Waals surface area contributed by atoms with Crippen molar-refractivity contribution in [2.24, 2.45) is 5.92 Å². The number of esters is 1. The Hall–Kier alpha value is -1.13. The molecule has 0 aliphatic carbocycles. The van der Waals surface area contributed by atoms with E-state index in [1.54, 1.807) is 6.92 Å². The van der Waals surface area contributed by atoms with Crippen molar-refractivity contribution in [2.75, 3.05) is 26.0 Å². The van der Waals surface area contributed by atoms with Gasteiger partial charge in [0.25, 0.3) is 0 Å². The molecule has 7 heteroatoms. The fourth-order valence-corrected chi connectivity index (χ4v) is 4.75. The average molecular weight is 334 g/mol. The molecule has 0 aromatic heterocycles. The average Bonchev–Trinajstić information content (AvgIpc) is 2.40. The van der Waals surface area contributed by atoms with Gasteiger partial charge in [0, 0.05) is 18.2 Å². The number of carbonyl (C=O) groups excluding carboxylic acids is 1. The lowest BCUT2D eigenvalue weighted by molar-refractivity contribution is -0.140. The molecule has 0 rings (SSSR count). The Morgan fingerprint density at radius 3 is 2.41 bits per heavy atom.